The molecule has 168 valence electrons. The summed E-state index contributed by atoms with van der Waals surface area (Å²) in [4.78, 5) is 27.6. The molecule has 2 aromatic carbocycles. The van der Waals surface area contributed by atoms with Crippen LogP contribution in [0, 0.1) is 11.2 Å². The first-order valence-electron chi connectivity index (χ1n) is 10.2. The molecule has 0 aliphatic heterocycles. The first kappa shape index (κ1) is 23.1. The van der Waals surface area contributed by atoms with Crippen LogP contribution in [0.3, 0.4) is 0 Å². The molecule has 3 rings (SSSR count). The fourth-order valence-electron chi connectivity index (χ4n) is 3.08. The number of carbonyl (C=O) groups excluding carboxylic acids is 2. The molecule has 1 fully saturated rings. The van der Waals surface area contributed by atoms with E-state index in [2.05, 4.69) is 22.2 Å². The maximum absolute atomic E-state index is 14.9. The second-order valence-corrected chi connectivity index (χ2v) is 7.45. The quantitative estimate of drug-likeness (QED) is 0.257. The van der Waals surface area contributed by atoms with Crippen LogP contribution in [0.2, 0.25) is 0 Å². The minimum Gasteiger partial charge on any atom is -0.491 e. The van der Waals surface area contributed by atoms with Crippen molar-refractivity contribution in [2.45, 2.75) is 19.8 Å². The highest BCUT2D eigenvalue weighted by atomic mass is 19.1. The number of hydrogen-bond acceptors (Lipinski definition) is 6. The van der Waals surface area contributed by atoms with E-state index in [0.29, 0.717) is 54.7 Å². The Labute approximate surface area is 185 Å². The molecule has 1 aliphatic carbocycles. The van der Waals surface area contributed by atoms with E-state index in [4.69, 9.17) is 9.47 Å². The molecular weight excluding hydrogens is 413 g/mol. The molecule has 0 spiro atoms. The highest BCUT2D eigenvalue weighted by Crippen LogP contribution is 2.44. The van der Waals surface area contributed by atoms with Gasteiger partial charge in [-0.3, -0.25) is 4.79 Å². The van der Waals surface area contributed by atoms with Gasteiger partial charge in [0, 0.05) is 30.8 Å². The van der Waals surface area contributed by atoms with E-state index in [1.54, 1.807) is 50.6 Å². The maximum Gasteiger partial charge on any atom is 0.237 e. The minimum absolute atomic E-state index is 0.223. The lowest BCUT2D eigenvalue weighted by molar-refractivity contribution is -0.126. The van der Waals surface area contributed by atoms with Gasteiger partial charge < -0.3 is 24.9 Å². The van der Waals surface area contributed by atoms with Crippen molar-refractivity contribution in [2.75, 3.05) is 31.0 Å². The molecule has 1 aliphatic rings. The predicted molar refractivity (Wildman–Crippen MR) is 123 cm³/mol. The van der Waals surface area contributed by atoms with Crippen molar-refractivity contribution >= 4 is 42.2 Å². The van der Waals surface area contributed by atoms with Crippen molar-refractivity contribution in [3.63, 3.8) is 0 Å². The van der Waals surface area contributed by atoms with Gasteiger partial charge in [0.2, 0.25) is 5.91 Å². The van der Waals surface area contributed by atoms with Crippen LogP contribution in [0.4, 0.5) is 15.8 Å². The highest BCUT2D eigenvalue weighted by molar-refractivity contribution is 6.07. The third kappa shape index (κ3) is 5.39. The number of nitrogens with one attached hydrogen (secondary N) is 2. The molecule has 2 N–H and O–H groups in total. The fraction of sp³-hybridized carbons (Fsp3) is 0.292. The largest absolute Gasteiger partial charge is 0.491 e. The molecule has 0 saturated heterocycles. The van der Waals surface area contributed by atoms with Crippen LogP contribution >= 0.6 is 0 Å². The number of rotatable bonds is 10. The molecule has 0 radical (unpaired) electrons. The van der Waals surface area contributed by atoms with Crippen molar-refractivity contribution in [2.24, 2.45) is 10.4 Å². The van der Waals surface area contributed by atoms with E-state index in [0.717, 1.165) is 0 Å². The lowest BCUT2D eigenvalue weighted by Crippen LogP contribution is -2.31. The lowest BCUT2D eigenvalue weighted by atomic mass is 10.1. The van der Waals surface area contributed by atoms with Gasteiger partial charge in [-0.1, -0.05) is 6.58 Å². The van der Waals surface area contributed by atoms with Crippen molar-refractivity contribution < 1.29 is 23.5 Å². The first-order valence-corrected chi connectivity index (χ1v) is 10.2. The zero-order valence-corrected chi connectivity index (χ0v) is 18.1. The molecule has 0 unspecified atom stereocenters. The van der Waals surface area contributed by atoms with Gasteiger partial charge in [0.05, 0.1) is 11.8 Å². The summed E-state index contributed by atoms with van der Waals surface area (Å²) in [6, 6.07) is 9.77. The van der Waals surface area contributed by atoms with E-state index in [1.165, 1.54) is 6.07 Å². The van der Waals surface area contributed by atoms with Gasteiger partial charge in [0.1, 0.15) is 35.7 Å². The molecule has 0 heterocycles. The van der Waals surface area contributed by atoms with Crippen molar-refractivity contribution in [3.8, 4) is 5.75 Å². The van der Waals surface area contributed by atoms with Crippen LogP contribution in [-0.2, 0) is 14.3 Å². The van der Waals surface area contributed by atoms with Gasteiger partial charge in [0.25, 0.3) is 0 Å². The lowest BCUT2D eigenvalue weighted by Gasteiger charge is -2.12. The summed E-state index contributed by atoms with van der Waals surface area (Å²) in [6.45, 7) is 6.35. The average molecular weight is 439 g/mol. The number of carbonyl (C=O) groups is 2. The van der Waals surface area contributed by atoms with Crippen molar-refractivity contribution in [3.05, 3.63) is 52.7 Å². The number of aldehydes is 1. The van der Waals surface area contributed by atoms with E-state index in [1.807, 2.05) is 0 Å². The zero-order valence-electron chi connectivity index (χ0n) is 18.1. The number of halogens is 1. The van der Waals surface area contributed by atoms with Crippen molar-refractivity contribution in [1.82, 2.24) is 0 Å². The number of aliphatic imine (C=N–C) groups is 1. The van der Waals surface area contributed by atoms with Crippen LogP contribution in [-0.4, -0.2) is 38.7 Å². The topological polar surface area (TPSA) is 89.0 Å². The van der Waals surface area contributed by atoms with Crippen LogP contribution in [0.1, 0.15) is 19.8 Å². The Morgan fingerprint density at radius 3 is 2.38 bits per heavy atom. The summed E-state index contributed by atoms with van der Waals surface area (Å²) < 4.78 is 25.3. The van der Waals surface area contributed by atoms with Crippen LogP contribution < -0.4 is 25.8 Å². The summed E-state index contributed by atoms with van der Waals surface area (Å²) in [6.07, 6.45) is 3.41. The van der Waals surface area contributed by atoms with E-state index in [-0.39, 0.29) is 16.9 Å². The van der Waals surface area contributed by atoms with Gasteiger partial charge in [-0.25, -0.2) is 9.38 Å². The Kier molecular flexibility index (Phi) is 7.37. The maximum atomic E-state index is 14.9. The molecule has 32 heavy (non-hydrogen) atoms. The summed E-state index contributed by atoms with van der Waals surface area (Å²) in [5.74, 6) is -0.178. The molecule has 2 aromatic rings. The third-order valence-corrected chi connectivity index (χ3v) is 5.07. The van der Waals surface area contributed by atoms with Gasteiger partial charge >= 0.3 is 0 Å². The number of hydrogen-bond donors (Lipinski definition) is 2. The third-order valence-electron chi connectivity index (χ3n) is 5.07. The number of benzene rings is 2. The van der Waals surface area contributed by atoms with Gasteiger partial charge in [0.15, 0.2) is 0 Å². The molecule has 1 saturated carbocycles. The number of methoxy groups -OCH3 is 1. The second kappa shape index (κ2) is 10.2. The van der Waals surface area contributed by atoms with Crippen LogP contribution in [0.25, 0.3) is 12.4 Å². The Balaban J connectivity index is 1.82. The Morgan fingerprint density at radius 2 is 1.84 bits per heavy atom. The molecule has 0 atom stereocenters. The van der Waals surface area contributed by atoms with E-state index in [9.17, 15) is 14.0 Å². The smallest absolute Gasteiger partial charge is 0.237 e. The van der Waals surface area contributed by atoms with Gasteiger partial charge in [-0.15, -0.1) is 0 Å². The molecule has 1 amide bonds. The highest BCUT2D eigenvalue weighted by Gasteiger charge is 2.50. The fourth-order valence-corrected chi connectivity index (χ4v) is 3.08. The minimum atomic E-state index is -0.880. The SMILES string of the molecule is C=c1cc(OCCOC)cc(F)/c1=C(/N=CC)Nc1ccc(NC(=O)C2(C=O)CC2)cc1. The number of amides is 1. The molecule has 0 aromatic heterocycles. The summed E-state index contributed by atoms with van der Waals surface area (Å²) >= 11 is 0. The predicted octanol–water partition coefficient (Wildman–Crippen LogP) is 2.45. The molecule has 8 heteroatoms. The molecular formula is C24H26FN3O4. The number of anilines is 2. The summed E-state index contributed by atoms with van der Waals surface area (Å²) in [5.41, 5.74) is 0.324. The summed E-state index contributed by atoms with van der Waals surface area (Å²) in [7, 11) is 1.56. The second-order valence-electron chi connectivity index (χ2n) is 7.45. The number of nitrogens with zero attached hydrogens (tertiary/aromatic N) is 1. The monoisotopic (exact) mass is 439 g/mol. The Morgan fingerprint density at radius 1 is 1.19 bits per heavy atom. The van der Waals surface area contributed by atoms with E-state index >= 15 is 0 Å². The zero-order chi connectivity index (χ0) is 23.1. The van der Waals surface area contributed by atoms with Crippen molar-refractivity contribution in [1.29, 1.82) is 0 Å². The van der Waals surface area contributed by atoms with Gasteiger partial charge in [-0.2, -0.15) is 0 Å². The Hall–Kier alpha value is -3.52. The van der Waals surface area contributed by atoms with Gasteiger partial charge in [-0.05, 0) is 55.3 Å². The average Bonchev–Trinajstić information content (AvgIpc) is 3.56. The molecule has 7 nitrogen and oxygen atoms in total. The standard InChI is InChI=1S/C24H26FN3O4/c1-4-26-22(21-16(2)13-19(14-20(21)25)32-12-11-31-3)27-17-5-7-18(8-6-17)28-23(30)24(15-29)9-10-24/h4-8,13-15,27H,2,9-12H2,1,3H3,(H,28,30)/b22-21-,26-4?. The van der Waals surface area contributed by atoms with Crippen LogP contribution in [0.5, 0.6) is 5.75 Å². The Bertz CT molecular complexity index is 1130. The summed E-state index contributed by atoms with van der Waals surface area (Å²) in [5, 5.41) is 6.48. The van der Waals surface area contributed by atoms with Crippen LogP contribution in [0.15, 0.2) is 41.4 Å². The number of ether oxygens (including phenoxy) is 2. The normalized spacial score (nSPS) is 15.2. The molecule has 0 bridgehead atoms. The first-order chi connectivity index (χ1) is 15.4. The van der Waals surface area contributed by atoms with E-state index < -0.39 is 11.2 Å².